The van der Waals surface area contributed by atoms with E-state index in [1.54, 1.807) is 6.92 Å². The van der Waals surface area contributed by atoms with Gasteiger partial charge in [-0.05, 0) is 31.5 Å². The van der Waals surface area contributed by atoms with Crippen LogP contribution in [0.3, 0.4) is 0 Å². The molecule has 1 aromatic rings. The SMILES string of the molecule is COCC(C)(CCO)NCC(=O)Nc1cccc(C(F)(F)F)c1. The van der Waals surface area contributed by atoms with E-state index in [-0.39, 0.29) is 25.4 Å². The Bertz CT molecular complexity index is 515. The molecule has 0 fully saturated rings. The molecule has 1 aromatic carbocycles. The third kappa shape index (κ3) is 6.55. The summed E-state index contributed by atoms with van der Waals surface area (Å²) in [7, 11) is 1.50. The Labute approximate surface area is 132 Å². The Morgan fingerprint density at radius 3 is 2.61 bits per heavy atom. The number of rotatable bonds is 8. The summed E-state index contributed by atoms with van der Waals surface area (Å²) in [4.78, 5) is 11.9. The maximum Gasteiger partial charge on any atom is 0.416 e. The van der Waals surface area contributed by atoms with Crippen molar-refractivity contribution >= 4 is 11.6 Å². The average molecular weight is 334 g/mol. The molecular formula is C15H21F3N2O3. The fraction of sp³-hybridized carbons (Fsp3) is 0.533. The van der Waals surface area contributed by atoms with E-state index in [4.69, 9.17) is 9.84 Å². The zero-order valence-electron chi connectivity index (χ0n) is 13.0. The number of benzene rings is 1. The van der Waals surface area contributed by atoms with Crippen molar-refractivity contribution in [2.45, 2.75) is 25.1 Å². The first-order valence-electron chi connectivity index (χ1n) is 7.02. The minimum Gasteiger partial charge on any atom is -0.396 e. The Balaban J connectivity index is 2.63. The summed E-state index contributed by atoms with van der Waals surface area (Å²) >= 11 is 0. The zero-order chi connectivity index (χ0) is 17.5. The van der Waals surface area contributed by atoms with Gasteiger partial charge in [-0.3, -0.25) is 4.79 Å². The number of alkyl halides is 3. The summed E-state index contributed by atoms with van der Waals surface area (Å²) in [6, 6.07) is 4.42. The summed E-state index contributed by atoms with van der Waals surface area (Å²) in [6.07, 6.45) is -4.09. The third-order valence-corrected chi connectivity index (χ3v) is 3.28. The van der Waals surface area contributed by atoms with E-state index in [1.807, 2.05) is 0 Å². The second-order valence-electron chi connectivity index (χ2n) is 5.45. The van der Waals surface area contributed by atoms with Crippen molar-refractivity contribution in [2.75, 3.05) is 32.2 Å². The van der Waals surface area contributed by atoms with Gasteiger partial charge in [-0.1, -0.05) is 6.07 Å². The highest BCUT2D eigenvalue weighted by Gasteiger charge is 2.30. The number of carbonyl (C=O) groups excluding carboxylic acids is 1. The highest BCUT2D eigenvalue weighted by molar-refractivity contribution is 5.92. The summed E-state index contributed by atoms with van der Waals surface area (Å²) < 4.78 is 42.9. The van der Waals surface area contributed by atoms with E-state index in [1.165, 1.54) is 19.2 Å². The molecule has 1 unspecified atom stereocenters. The molecule has 0 saturated carbocycles. The van der Waals surface area contributed by atoms with Crippen LogP contribution in [0, 0.1) is 0 Å². The lowest BCUT2D eigenvalue weighted by atomic mass is 9.99. The molecule has 0 heterocycles. The largest absolute Gasteiger partial charge is 0.416 e. The highest BCUT2D eigenvalue weighted by Crippen LogP contribution is 2.30. The monoisotopic (exact) mass is 334 g/mol. The number of nitrogens with one attached hydrogen (secondary N) is 2. The number of aliphatic hydroxyl groups excluding tert-OH is 1. The molecule has 0 aliphatic carbocycles. The van der Waals surface area contributed by atoms with Gasteiger partial charge in [0.25, 0.3) is 0 Å². The molecule has 0 radical (unpaired) electrons. The quantitative estimate of drug-likeness (QED) is 0.680. The predicted molar refractivity (Wildman–Crippen MR) is 80.1 cm³/mol. The number of hydrogen-bond acceptors (Lipinski definition) is 4. The molecule has 130 valence electrons. The van der Waals surface area contributed by atoms with Crippen molar-refractivity contribution in [3.8, 4) is 0 Å². The summed E-state index contributed by atoms with van der Waals surface area (Å²) in [5, 5.41) is 14.4. The standard InChI is InChI=1S/C15H21F3N2O3/c1-14(6-7-21,10-23-2)19-9-13(22)20-12-5-3-4-11(8-12)15(16,17)18/h3-5,8,19,21H,6-7,9-10H2,1-2H3,(H,20,22). The first kappa shape index (κ1) is 19.4. The first-order valence-corrected chi connectivity index (χ1v) is 7.02. The van der Waals surface area contributed by atoms with Gasteiger partial charge in [-0.15, -0.1) is 0 Å². The van der Waals surface area contributed by atoms with Crippen LogP contribution >= 0.6 is 0 Å². The molecule has 23 heavy (non-hydrogen) atoms. The molecule has 0 bridgehead atoms. The molecule has 1 atom stereocenters. The molecule has 0 saturated heterocycles. The van der Waals surface area contributed by atoms with Gasteiger partial charge >= 0.3 is 6.18 Å². The molecule has 0 aliphatic rings. The molecule has 0 spiro atoms. The van der Waals surface area contributed by atoms with Crippen molar-refractivity contribution in [3.05, 3.63) is 29.8 Å². The molecular weight excluding hydrogens is 313 g/mol. The van der Waals surface area contributed by atoms with Crippen LogP contribution in [0.5, 0.6) is 0 Å². The number of halogens is 3. The van der Waals surface area contributed by atoms with Crippen molar-refractivity contribution in [1.82, 2.24) is 5.32 Å². The van der Waals surface area contributed by atoms with Gasteiger partial charge in [0.2, 0.25) is 5.91 Å². The van der Waals surface area contributed by atoms with E-state index in [0.29, 0.717) is 6.42 Å². The summed E-state index contributed by atoms with van der Waals surface area (Å²) in [5.41, 5.74) is -1.36. The van der Waals surface area contributed by atoms with E-state index < -0.39 is 23.2 Å². The van der Waals surface area contributed by atoms with Crippen LogP contribution in [0.2, 0.25) is 0 Å². The maximum absolute atomic E-state index is 12.6. The van der Waals surface area contributed by atoms with Crippen LogP contribution in [-0.2, 0) is 15.7 Å². The predicted octanol–water partition coefficient (Wildman–Crippen LogP) is 2.02. The lowest BCUT2D eigenvalue weighted by Gasteiger charge is -2.29. The number of anilines is 1. The van der Waals surface area contributed by atoms with Crippen molar-refractivity contribution in [2.24, 2.45) is 0 Å². The van der Waals surface area contributed by atoms with Crippen LogP contribution in [0.25, 0.3) is 0 Å². The van der Waals surface area contributed by atoms with Gasteiger partial charge in [-0.2, -0.15) is 13.2 Å². The molecule has 0 aliphatic heterocycles. The highest BCUT2D eigenvalue weighted by atomic mass is 19.4. The lowest BCUT2D eigenvalue weighted by Crippen LogP contribution is -2.49. The number of ether oxygens (including phenoxy) is 1. The minimum atomic E-state index is -4.46. The van der Waals surface area contributed by atoms with Gasteiger partial charge in [0.15, 0.2) is 0 Å². The first-order chi connectivity index (χ1) is 10.7. The van der Waals surface area contributed by atoms with Crippen LogP contribution in [0.1, 0.15) is 18.9 Å². The number of aliphatic hydroxyl groups is 1. The zero-order valence-corrected chi connectivity index (χ0v) is 13.0. The molecule has 1 rings (SSSR count). The second kappa shape index (κ2) is 8.28. The summed E-state index contributed by atoms with van der Waals surface area (Å²) in [6.45, 7) is 1.87. The van der Waals surface area contributed by atoms with E-state index >= 15 is 0 Å². The van der Waals surface area contributed by atoms with Gasteiger partial charge in [-0.25, -0.2) is 0 Å². The van der Waals surface area contributed by atoms with Gasteiger partial charge in [0.1, 0.15) is 0 Å². The Morgan fingerprint density at radius 2 is 2.04 bits per heavy atom. The smallest absolute Gasteiger partial charge is 0.396 e. The number of carbonyl (C=O) groups is 1. The molecule has 3 N–H and O–H groups in total. The summed E-state index contributed by atoms with van der Waals surface area (Å²) in [5.74, 6) is -0.482. The molecule has 0 aromatic heterocycles. The van der Waals surface area contributed by atoms with Crippen LogP contribution in [-0.4, -0.2) is 43.4 Å². The fourth-order valence-electron chi connectivity index (χ4n) is 2.05. The fourth-order valence-corrected chi connectivity index (χ4v) is 2.05. The van der Waals surface area contributed by atoms with Crippen molar-refractivity contribution < 1.29 is 27.8 Å². The number of hydrogen-bond donors (Lipinski definition) is 3. The third-order valence-electron chi connectivity index (χ3n) is 3.28. The van der Waals surface area contributed by atoms with Crippen LogP contribution in [0.4, 0.5) is 18.9 Å². The molecule has 5 nitrogen and oxygen atoms in total. The maximum atomic E-state index is 12.6. The molecule has 8 heteroatoms. The Morgan fingerprint density at radius 1 is 1.35 bits per heavy atom. The van der Waals surface area contributed by atoms with Gasteiger partial charge in [0.05, 0.1) is 18.7 Å². The normalized spacial score (nSPS) is 14.3. The molecule has 1 amide bonds. The topological polar surface area (TPSA) is 70.6 Å². The van der Waals surface area contributed by atoms with Crippen LogP contribution < -0.4 is 10.6 Å². The van der Waals surface area contributed by atoms with E-state index in [2.05, 4.69) is 10.6 Å². The minimum absolute atomic E-state index is 0.0715. The van der Waals surface area contributed by atoms with E-state index in [9.17, 15) is 18.0 Å². The average Bonchev–Trinajstić information content (AvgIpc) is 2.45. The van der Waals surface area contributed by atoms with Crippen LogP contribution in [0.15, 0.2) is 24.3 Å². The second-order valence-corrected chi connectivity index (χ2v) is 5.45. The number of amides is 1. The van der Waals surface area contributed by atoms with E-state index in [0.717, 1.165) is 12.1 Å². The van der Waals surface area contributed by atoms with Gasteiger partial charge in [0, 0.05) is 24.9 Å². The van der Waals surface area contributed by atoms with Gasteiger partial charge < -0.3 is 20.5 Å². The number of methoxy groups -OCH3 is 1. The lowest BCUT2D eigenvalue weighted by molar-refractivity contribution is -0.137. The van der Waals surface area contributed by atoms with Crippen molar-refractivity contribution in [1.29, 1.82) is 0 Å². The Hall–Kier alpha value is -1.64. The Kier molecular flexibility index (Phi) is 6.99. The van der Waals surface area contributed by atoms with Crippen molar-refractivity contribution in [3.63, 3.8) is 0 Å².